The number of anilines is 1. The van der Waals surface area contributed by atoms with Crippen molar-refractivity contribution in [2.75, 3.05) is 38.2 Å². The maximum absolute atomic E-state index is 12.1. The van der Waals surface area contributed by atoms with Crippen LogP contribution in [-0.2, 0) is 11.2 Å². The number of hydrogen-bond acceptors (Lipinski definition) is 7. The molecule has 1 saturated heterocycles. The predicted octanol–water partition coefficient (Wildman–Crippen LogP) is 0.992. The van der Waals surface area contributed by atoms with Gasteiger partial charge in [-0.3, -0.25) is 4.79 Å². The minimum Gasteiger partial charge on any atom is -0.453 e. The van der Waals surface area contributed by atoms with E-state index in [9.17, 15) is 9.59 Å². The lowest BCUT2D eigenvalue weighted by atomic mass is 10.2. The first-order valence-electron chi connectivity index (χ1n) is 7.60. The molecule has 2 aromatic heterocycles. The van der Waals surface area contributed by atoms with E-state index >= 15 is 0 Å². The number of fused-ring (bicyclic) bond motifs is 1. The molecule has 0 aliphatic carbocycles. The lowest BCUT2D eigenvalue weighted by molar-refractivity contribution is 0.121. The summed E-state index contributed by atoms with van der Waals surface area (Å²) in [5.41, 5.74) is 0.664. The van der Waals surface area contributed by atoms with E-state index in [1.54, 1.807) is 11.0 Å². The van der Waals surface area contributed by atoms with Gasteiger partial charge in [-0.15, -0.1) is 5.10 Å². The molecule has 0 unspecified atom stereocenters. The summed E-state index contributed by atoms with van der Waals surface area (Å²) in [5.74, 6) is 0. The van der Waals surface area contributed by atoms with Gasteiger partial charge in [0.15, 0.2) is 0 Å². The van der Waals surface area contributed by atoms with Crippen LogP contribution in [0.25, 0.3) is 4.96 Å². The van der Waals surface area contributed by atoms with Crippen molar-refractivity contribution in [3.05, 3.63) is 22.1 Å². The Morgan fingerprint density at radius 2 is 2.09 bits per heavy atom. The number of hydrogen-bond donors (Lipinski definition) is 0. The number of carbonyl (C=O) groups is 1. The summed E-state index contributed by atoms with van der Waals surface area (Å²) in [6.45, 7) is 4.53. The Morgan fingerprint density at radius 1 is 1.35 bits per heavy atom. The second-order valence-corrected chi connectivity index (χ2v) is 6.29. The number of amides is 1. The van der Waals surface area contributed by atoms with Gasteiger partial charge in [0, 0.05) is 37.9 Å². The number of carbonyl (C=O) groups excluding carboxylic acids is 1. The van der Waals surface area contributed by atoms with Crippen LogP contribution in [0.2, 0.25) is 0 Å². The fourth-order valence-corrected chi connectivity index (χ4v) is 3.55. The van der Waals surface area contributed by atoms with Gasteiger partial charge in [0.05, 0.1) is 7.11 Å². The van der Waals surface area contributed by atoms with Crippen LogP contribution in [-0.4, -0.2) is 58.9 Å². The molecule has 0 bridgehead atoms. The van der Waals surface area contributed by atoms with Crippen LogP contribution >= 0.6 is 11.3 Å². The molecule has 3 heterocycles. The minimum absolute atomic E-state index is 0.144. The molecule has 0 N–H and O–H groups in total. The number of aromatic nitrogens is 3. The average Bonchev–Trinajstić information content (AvgIpc) is 2.99. The highest BCUT2D eigenvalue weighted by Gasteiger charge is 2.24. The Balaban J connectivity index is 1.80. The molecule has 8 nitrogen and oxygen atoms in total. The Bertz CT molecular complexity index is 763. The van der Waals surface area contributed by atoms with E-state index in [0.717, 1.165) is 23.7 Å². The SMILES string of the molecule is CCCc1cc(=O)n2nc(N3CCN(C(=O)OC)CC3)sc2n1. The van der Waals surface area contributed by atoms with Crippen molar-refractivity contribution in [2.45, 2.75) is 19.8 Å². The molecule has 0 atom stereocenters. The van der Waals surface area contributed by atoms with Crippen LogP contribution in [0, 0.1) is 0 Å². The zero-order valence-electron chi connectivity index (χ0n) is 13.2. The number of nitrogens with zero attached hydrogens (tertiary/aromatic N) is 5. The fraction of sp³-hybridized carbons (Fsp3) is 0.571. The molecule has 2 aromatic rings. The Hall–Kier alpha value is -2.16. The second-order valence-electron chi connectivity index (χ2n) is 5.36. The first-order chi connectivity index (χ1) is 11.1. The van der Waals surface area contributed by atoms with Crippen molar-refractivity contribution in [2.24, 2.45) is 0 Å². The van der Waals surface area contributed by atoms with Crippen LogP contribution < -0.4 is 10.5 Å². The molecule has 3 rings (SSSR count). The molecule has 23 heavy (non-hydrogen) atoms. The average molecular weight is 337 g/mol. The Kier molecular flexibility index (Phi) is 4.46. The van der Waals surface area contributed by atoms with Gasteiger partial charge in [-0.1, -0.05) is 24.7 Å². The number of ether oxygens (including phenoxy) is 1. The molecule has 9 heteroatoms. The molecule has 0 saturated carbocycles. The van der Waals surface area contributed by atoms with Crippen LogP contribution in [0.4, 0.5) is 9.93 Å². The van der Waals surface area contributed by atoms with E-state index in [-0.39, 0.29) is 11.7 Å². The summed E-state index contributed by atoms with van der Waals surface area (Å²) >= 11 is 1.41. The summed E-state index contributed by atoms with van der Waals surface area (Å²) in [4.78, 5) is 32.5. The molecule has 0 radical (unpaired) electrons. The molecule has 124 valence electrons. The highest BCUT2D eigenvalue weighted by atomic mass is 32.1. The lowest BCUT2D eigenvalue weighted by Gasteiger charge is -2.33. The predicted molar refractivity (Wildman–Crippen MR) is 87.3 cm³/mol. The molecule has 0 aromatic carbocycles. The van der Waals surface area contributed by atoms with Crippen molar-refractivity contribution >= 4 is 27.5 Å². The third-order valence-electron chi connectivity index (χ3n) is 3.78. The number of piperazine rings is 1. The molecule has 1 amide bonds. The first kappa shape index (κ1) is 15.7. The second kappa shape index (κ2) is 6.53. The molecular formula is C14H19N5O3S. The summed E-state index contributed by atoms with van der Waals surface area (Å²) in [7, 11) is 1.38. The van der Waals surface area contributed by atoms with E-state index in [0.29, 0.717) is 31.1 Å². The number of aryl methyl sites for hydroxylation is 1. The third kappa shape index (κ3) is 3.14. The van der Waals surface area contributed by atoms with Crippen LogP contribution in [0.3, 0.4) is 0 Å². The highest BCUT2D eigenvalue weighted by molar-refractivity contribution is 7.20. The van der Waals surface area contributed by atoms with Gasteiger partial charge in [-0.05, 0) is 6.42 Å². The topological polar surface area (TPSA) is 80.0 Å². The van der Waals surface area contributed by atoms with Crippen LogP contribution in [0.5, 0.6) is 0 Å². The van der Waals surface area contributed by atoms with Crippen LogP contribution in [0.15, 0.2) is 10.9 Å². The normalized spacial score (nSPS) is 15.2. The van der Waals surface area contributed by atoms with Crippen molar-refractivity contribution in [1.82, 2.24) is 19.5 Å². The van der Waals surface area contributed by atoms with E-state index in [1.165, 1.54) is 23.0 Å². The van der Waals surface area contributed by atoms with Crippen molar-refractivity contribution in [3.63, 3.8) is 0 Å². The third-order valence-corrected chi connectivity index (χ3v) is 4.75. The molecular weight excluding hydrogens is 318 g/mol. The first-order valence-corrected chi connectivity index (χ1v) is 8.41. The zero-order chi connectivity index (χ0) is 16.4. The Labute approximate surface area is 137 Å². The number of rotatable bonds is 3. The summed E-state index contributed by atoms with van der Waals surface area (Å²) in [5, 5.41) is 5.14. The van der Waals surface area contributed by atoms with Crippen molar-refractivity contribution < 1.29 is 9.53 Å². The standard InChI is InChI=1S/C14H19N5O3S/c1-3-4-10-9-11(20)19-12(15-10)23-13(16-19)17-5-7-18(8-6-17)14(21)22-2/h9H,3-8H2,1-2H3. The highest BCUT2D eigenvalue weighted by Crippen LogP contribution is 2.22. The van der Waals surface area contributed by atoms with Gasteiger partial charge in [0.25, 0.3) is 5.56 Å². The largest absolute Gasteiger partial charge is 0.453 e. The summed E-state index contributed by atoms with van der Waals surface area (Å²) in [6, 6.07) is 1.55. The van der Waals surface area contributed by atoms with Gasteiger partial charge >= 0.3 is 6.09 Å². The molecule has 1 aliphatic heterocycles. The maximum Gasteiger partial charge on any atom is 0.409 e. The Morgan fingerprint density at radius 3 is 2.74 bits per heavy atom. The van der Waals surface area contributed by atoms with Gasteiger partial charge < -0.3 is 14.5 Å². The van der Waals surface area contributed by atoms with Crippen molar-refractivity contribution in [3.8, 4) is 0 Å². The van der Waals surface area contributed by atoms with Crippen molar-refractivity contribution in [1.29, 1.82) is 0 Å². The van der Waals surface area contributed by atoms with E-state index < -0.39 is 0 Å². The van der Waals surface area contributed by atoms with Gasteiger partial charge in [-0.25, -0.2) is 9.78 Å². The minimum atomic E-state index is -0.309. The zero-order valence-corrected chi connectivity index (χ0v) is 14.0. The lowest BCUT2D eigenvalue weighted by Crippen LogP contribution is -2.48. The van der Waals surface area contributed by atoms with Gasteiger partial charge in [-0.2, -0.15) is 4.52 Å². The van der Waals surface area contributed by atoms with E-state index in [1.807, 2.05) is 0 Å². The number of methoxy groups -OCH3 is 1. The smallest absolute Gasteiger partial charge is 0.409 e. The summed E-state index contributed by atoms with van der Waals surface area (Å²) in [6.07, 6.45) is 1.43. The van der Waals surface area contributed by atoms with Gasteiger partial charge in [0.1, 0.15) is 0 Å². The van der Waals surface area contributed by atoms with Crippen LogP contribution in [0.1, 0.15) is 19.0 Å². The molecule has 1 fully saturated rings. The summed E-state index contributed by atoms with van der Waals surface area (Å²) < 4.78 is 6.08. The van der Waals surface area contributed by atoms with E-state index in [4.69, 9.17) is 4.74 Å². The molecule has 1 aliphatic rings. The van der Waals surface area contributed by atoms with E-state index in [2.05, 4.69) is 21.9 Å². The molecule has 0 spiro atoms. The maximum atomic E-state index is 12.1. The fourth-order valence-electron chi connectivity index (χ4n) is 2.57. The monoisotopic (exact) mass is 337 g/mol. The van der Waals surface area contributed by atoms with Gasteiger partial charge in [0.2, 0.25) is 10.1 Å². The quantitative estimate of drug-likeness (QED) is 0.831.